The number of rotatable bonds is 14. The van der Waals surface area contributed by atoms with E-state index in [1.54, 1.807) is 37.6 Å². The van der Waals surface area contributed by atoms with Gasteiger partial charge in [0.1, 0.15) is 24.3 Å². The molecule has 1 saturated heterocycles. The summed E-state index contributed by atoms with van der Waals surface area (Å²) in [5, 5.41) is 18.7. The van der Waals surface area contributed by atoms with Gasteiger partial charge in [-0.15, -0.1) is 11.3 Å². The number of aryl methyl sites for hydroxylation is 1. The first-order valence-electron chi connectivity index (χ1n) is 15.7. The molecule has 2 aromatic rings. The molecule has 14 heteroatoms. The minimum Gasteiger partial charge on any atom is -0.444 e. The minimum absolute atomic E-state index is 0.0150. The molecule has 1 aromatic heterocycles. The van der Waals surface area contributed by atoms with Crippen molar-refractivity contribution < 1.29 is 38.5 Å². The second-order valence-electron chi connectivity index (χ2n) is 13.5. The number of amides is 4. The molecule has 1 fully saturated rings. The number of aliphatic hydroxyl groups excluding tert-OH is 1. The molecular weight excluding hydrogens is 626 g/mol. The second-order valence-corrected chi connectivity index (χ2v) is 14.4. The number of benzene rings is 1. The summed E-state index contributed by atoms with van der Waals surface area (Å²) in [6.45, 7) is 13.5. The molecule has 0 spiro atoms. The third-order valence-corrected chi connectivity index (χ3v) is 8.21. The molecule has 0 unspecified atom stereocenters. The molecule has 0 saturated carbocycles. The van der Waals surface area contributed by atoms with Crippen molar-refractivity contribution in [2.75, 3.05) is 39.5 Å². The highest BCUT2D eigenvalue weighted by Gasteiger charge is 2.44. The molecule has 3 rings (SSSR count). The number of likely N-dealkylation sites (tertiary alicyclic amines) is 1. The summed E-state index contributed by atoms with van der Waals surface area (Å²) in [5.74, 6) is -1.32. The van der Waals surface area contributed by atoms with Gasteiger partial charge in [0.25, 0.3) is 0 Å². The second kappa shape index (κ2) is 17.0. The molecule has 3 atom stereocenters. The van der Waals surface area contributed by atoms with Crippen LogP contribution in [0.2, 0.25) is 0 Å². The molecule has 1 aliphatic heterocycles. The molecule has 4 N–H and O–H groups in total. The summed E-state index contributed by atoms with van der Waals surface area (Å²) in [7, 11) is 0. The Labute approximate surface area is 280 Å². The Balaban J connectivity index is 1.46. The van der Waals surface area contributed by atoms with Crippen LogP contribution in [-0.2, 0) is 35.1 Å². The summed E-state index contributed by atoms with van der Waals surface area (Å²) in [6, 6.07) is 6.00. The summed E-state index contributed by atoms with van der Waals surface area (Å²) >= 11 is 1.57. The number of hydrogen-bond donors (Lipinski definition) is 4. The highest BCUT2D eigenvalue weighted by Crippen LogP contribution is 2.28. The van der Waals surface area contributed by atoms with Crippen molar-refractivity contribution >= 4 is 35.2 Å². The number of nitrogens with zero attached hydrogens (tertiary/aromatic N) is 2. The van der Waals surface area contributed by atoms with E-state index in [2.05, 4.69) is 20.9 Å². The molecule has 260 valence electrons. The quantitative estimate of drug-likeness (QED) is 0.220. The van der Waals surface area contributed by atoms with E-state index < -0.39 is 47.1 Å². The average Bonchev–Trinajstić information content (AvgIpc) is 3.59. The Kier molecular flexibility index (Phi) is 13.7. The number of thiazole rings is 1. The standard InChI is InChI=1S/C33H49N5O8S/c1-21-27(47-20-36-21)23-10-8-22(9-11-23)17-35-29(41)25-16-24(39)18-38(25)30(42)28(32(2,3)4)37-26(40)19-45-15-14-44-13-12-34-31(43)46-33(5,6)7/h8-11,20,24-25,28,39H,12-19H2,1-7H3,(H,34,43)(H,35,41)(H,37,40)/t24-,25+,28-/m1/s1. The molecule has 47 heavy (non-hydrogen) atoms. The molecule has 2 heterocycles. The topological polar surface area (TPSA) is 168 Å². The van der Waals surface area contributed by atoms with Gasteiger partial charge in [0.05, 0.1) is 42.0 Å². The van der Waals surface area contributed by atoms with Gasteiger partial charge in [-0.2, -0.15) is 0 Å². The number of ether oxygens (including phenoxy) is 3. The monoisotopic (exact) mass is 675 g/mol. The lowest BCUT2D eigenvalue weighted by atomic mass is 9.85. The molecule has 13 nitrogen and oxygen atoms in total. The van der Waals surface area contributed by atoms with Crippen LogP contribution in [0, 0.1) is 12.3 Å². The van der Waals surface area contributed by atoms with Crippen LogP contribution < -0.4 is 16.0 Å². The van der Waals surface area contributed by atoms with Gasteiger partial charge in [0, 0.05) is 26.1 Å². The van der Waals surface area contributed by atoms with Crippen LogP contribution in [0.25, 0.3) is 10.4 Å². The van der Waals surface area contributed by atoms with Crippen LogP contribution in [-0.4, -0.2) is 102 Å². The Morgan fingerprint density at radius 3 is 2.32 bits per heavy atom. The molecule has 1 aliphatic rings. The molecule has 4 amide bonds. The maximum absolute atomic E-state index is 13.8. The van der Waals surface area contributed by atoms with Gasteiger partial charge in [-0.25, -0.2) is 9.78 Å². The van der Waals surface area contributed by atoms with Crippen molar-refractivity contribution in [3.05, 3.63) is 41.0 Å². The predicted octanol–water partition coefficient (Wildman–Crippen LogP) is 2.79. The Morgan fingerprint density at radius 2 is 1.70 bits per heavy atom. The number of alkyl carbamates (subject to hydrolysis) is 1. The van der Waals surface area contributed by atoms with Gasteiger partial charge in [-0.05, 0) is 44.2 Å². The van der Waals surface area contributed by atoms with Crippen molar-refractivity contribution in [1.29, 1.82) is 0 Å². The number of aliphatic hydroxyl groups is 1. The summed E-state index contributed by atoms with van der Waals surface area (Å²) in [6.07, 6.45) is -1.30. The van der Waals surface area contributed by atoms with Crippen molar-refractivity contribution in [3.8, 4) is 10.4 Å². The van der Waals surface area contributed by atoms with Crippen LogP contribution in [0.1, 0.15) is 59.2 Å². The SMILES string of the molecule is Cc1ncsc1-c1ccc(CNC(=O)[C@@H]2C[C@@H](O)CN2C(=O)[C@@H](NC(=O)COCCOCCNC(=O)OC(C)(C)C)C(C)(C)C)cc1. The predicted molar refractivity (Wildman–Crippen MR) is 178 cm³/mol. The largest absolute Gasteiger partial charge is 0.444 e. The summed E-state index contributed by atoms with van der Waals surface area (Å²) in [5.41, 5.74) is 3.44. The first kappa shape index (κ1) is 37.9. The lowest BCUT2D eigenvalue weighted by Crippen LogP contribution is -2.58. The maximum atomic E-state index is 13.8. The number of aromatic nitrogens is 1. The summed E-state index contributed by atoms with van der Waals surface area (Å²) < 4.78 is 16.0. The van der Waals surface area contributed by atoms with E-state index in [0.717, 1.165) is 21.7 Å². The number of carbonyl (C=O) groups is 4. The Morgan fingerprint density at radius 1 is 1.02 bits per heavy atom. The average molecular weight is 676 g/mol. The number of nitrogens with one attached hydrogen (secondary N) is 3. The number of β-amino-alcohol motifs (C(OH)–C–C–N with tert-alkyl or cyclic N) is 1. The van der Waals surface area contributed by atoms with E-state index in [0.29, 0.717) is 0 Å². The molecular formula is C33H49N5O8S. The zero-order chi connectivity index (χ0) is 34.8. The maximum Gasteiger partial charge on any atom is 0.407 e. The first-order chi connectivity index (χ1) is 22.0. The minimum atomic E-state index is -0.961. The Hall–Kier alpha value is -3.59. The van der Waals surface area contributed by atoms with Crippen molar-refractivity contribution in [1.82, 2.24) is 25.8 Å². The number of hydrogen-bond acceptors (Lipinski definition) is 10. The van der Waals surface area contributed by atoms with Gasteiger partial charge in [0.2, 0.25) is 17.7 Å². The van der Waals surface area contributed by atoms with Crippen LogP contribution in [0.3, 0.4) is 0 Å². The van der Waals surface area contributed by atoms with Crippen molar-refractivity contribution in [2.45, 2.75) is 85.2 Å². The van der Waals surface area contributed by atoms with E-state index in [9.17, 15) is 24.3 Å². The van der Waals surface area contributed by atoms with Gasteiger partial charge in [-0.3, -0.25) is 14.4 Å². The lowest BCUT2D eigenvalue weighted by Gasteiger charge is -2.35. The smallest absolute Gasteiger partial charge is 0.407 e. The van der Waals surface area contributed by atoms with Crippen LogP contribution in [0.15, 0.2) is 29.8 Å². The van der Waals surface area contributed by atoms with Crippen LogP contribution in [0.4, 0.5) is 4.79 Å². The van der Waals surface area contributed by atoms with Crippen LogP contribution >= 0.6 is 11.3 Å². The van der Waals surface area contributed by atoms with E-state index >= 15 is 0 Å². The first-order valence-corrected chi connectivity index (χ1v) is 16.6. The molecule has 0 bridgehead atoms. The third kappa shape index (κ3) is 12.2. The molecule has 0 radical (unpaired) electrons. The van der Waals surface area contributed by atoms with Crippen molar-refractivity contribution in [3.63, 3.8) is 0 Å². The third-order valence-electron chi connectivity index (χ3n) is 7.23. The fourth-order valence-corrected chi connectivity index (χ4v) is 5.72. The van der Waals surface area contributed by atoms with Gasteiger partial charge >= 0.3 is 6.09 Å². The zero-order valence-corrected chi connectivity index (χ0v) is 29.2. The summed E-state index contributed by atoms with van der Waals surface area (Å²) in [4.78, 5) is 58.2. The Bertz CT molecular complexity index is 1350. The van der Waals surface area contributed by atoms with Gasteiger partial charge in [0.15, 0.2) is 0 Å². The van der Waals surface area contributed by atoms with Crippen molar-refractivity contribution in [2.24, 2.45) is 5.41 Å². The zero-order valence-electron chi connectivity index (χ0n) is 28.4. The van der Waals surface area contributed by atoms with Crippen LogP contribution in [0.5, 0.6) is 0 Å². The number of carbonyl (C=O) groups excluding carboxylic acids is 4. The molecule has 1 aromatic carbocycles. The van der Waals surface area contributed by atoms with E-state index in [1.807, 2.05) is 52.0 Å². The van der Waals surface area contributed by atoms with E-state index in [1.165, 1.54) is 4.90 Å². The van der Waals surface area contributed by atoms with E-state index in [4.69, 9.17) is 14.2 Å². The lowest BCUT2D eigenvalue weighted by molar-refractivity contribution is -0.144. The van der Waals surface area contributed by atoms with Gasteiger partial charge < -0.3 is 40.2 Å². The fraction of sp³-hybridized carbons (Fsp3) is 0.606. The highest BCUT2D eigenvalue weighted by atomic mass is 32.1. The van der Waals surface area contributed by atoms with E-state index in [-0.39, 0.29) is 58.4 Å². The molecule has 0 aliphatic carbocycles. The fourth-order valence-electron chi connectivity index (χ4n) is 4.91. The highest BCUT2D eigenvalue weighted by molar-refractivity contribution is 7.13. The normalized spacial score (nSPS) is 17.2. The van der Waals surface area contributed by atoms with Gasteiger partial charge in [-0.1, -0.05) is 45.0 Å².